The summed E-state index contributed by atoms with van der Waals surface area (Å²) in [4.78, 5) is 3.70. The van der Waals surface area contributed by atoms with E-state index in [9.17, 15) is 0 Å². The molecule has 0 aliphatic heterocycles. The molecule has 0 amide bonds. The van der Waals surface area contributed by atoms with Gasteiger partial charge >= 0.3 is 0 Å². The standard InChI is InChI=1S/C7H13N3/c1-4-10-7(9-3)5-6-8-2/h4-5,8,10H,1,3,6H2,2H3/b7-5-. The molecule has 0 saturated carbocycles. The Kier molecular flexibility index (Phi) is 5.38. The van der Waals surface area contributed by atoms with Crippen LogP contribution in [0.5, 0.6) is 0 Å². The Morgan fingerprint density at radius 3 is 2.80 bits per heavy atom. The van der Waals surface area contributed by atoms with Gasteiger partial charge in [-0.25, -0.2) is 4.99 Å². The summed E-state index contributed by atoms with van der Waals surface area (Å²) in [6.07, 6.45) is 3.45. The van der Waals surface area contributed by atoms with Gasteiger partial charge in [0.05, 0.1) is 0 Å². The van der Waals surface area contributed by atoms with Gasteiger partial charge in [0.25, 0.3) is 0 Å². The van der Waals surface area contributed by atoms with Crippen molar-refractivity contribution in [1.82, 2.24) is 10.6 Å². The fourth-order valence-electron chi connectivity index (χ4n) is 0.472. The zero-order valence-electron chi connectivity index (χ0n) is 6.22. The first-order valence-corrected chi connectivity index (χ1v) is 3.04. The summed E-state index contributed by atoms with van der Waals surface area (Å²) in [5.74, 6) is 0.726. The molecule has 10 heavy (non-hydrogen) atoms. The molecule has 3 nitrogen and oxygen atoms in total. The van der Waals surface area contributed by atoms with Crippen molar-refractivity contribution in [2.45, 2.75) is 0 Å². The summed E-state index contributed by atoms with van der Waals surface area (Å²) in [6.45, 7) is 7.65. The third-order valence-corrected chi connectivity index (χ3v) is 0.920. The highest BCUT2D eigenvalue weighted by Crippen LogP contribution is 1.86. The first kappa shape index (κ1) is 8.91. The normalized spacial score (nSPS) is 10.7. The molecule has 0 heterocycles. The van der Waals surface area contributed by atoms with Crippen molar-refractivity contribution in [2.75, 3.05) is 13.6 Å². The highest BCUT2D eigenvalue weighted by atomic mass is 15.0. The van der Waals surface area contributed by atoms with Gasteiger partial charge in [0, 0.05) is 6.54 Å². The minimum atomic E-state index is 0.726. The van der Waals surface area contributed by atoms with E-state index in [1.165, 1.54) is 0 Å². The molecule has 0 aliphatic rings. The Bertz CT molecular complexity index is 138. The lowest BCUT2D eigenvalue weighted by atomic mass is 10.5. The van der Waals surface area contributed by atoms with Gasteiger partial charge in [-0.15, -0.1) is 0 Å². The van der Waals surface area contributed by atoms with Gasteiger partial charge < -0.3 is 10.6 Å². The maximum absolute atomic E-state index is 3.70. The van der Waals surface area contributed by atoms with Gasteiger partial charge in [0.15, 0.2) is 0 Å². The molecule has 0 unspecified atom stereocenters. The van der Waals surface area contributed by atoms with Gasteiger partial charge in [-0.05, 0) is 26.0 Å². The van der Waals surface area contributed by atoms with Gasteiger partial charge in [-0.1, -0.05) is 6.58 Å². The van der Waals surface area contributed by atoms with Crippen LogP contribution in [0.1, 0.15) is 0 Å². The van der Waals surface area contributed by atoms with E-state index in [4.69, 9.17) is 0 Å². The van der Waals surface area contributed by atoms with E-state index in [1.54, 1.807) is 6.20 Å². The summed E-state index contributed by atoms with van der Waals surface area (Å²) < 4.78 is 0. The second-order valence-corrected chi connectivity index (χ2v) is 1.65. The molecule has 3 heteroatoms. The smallest absolute Gasteiger partial charge is 0.126 e. The van der Waals surface area contributed by atoms with Crippen molar-refractivity contribution in [1.29, 1.82) is 0 Å². The second-order valence-electron chi connectivity index (χ2n) is 1.65. The average molecular weight is 139 g/mol. The Morgan fingerprint density at radius 2 is 2.40 bits per heavy atom. The largest absolute Gasteiger partial charge is 0.348 e. The van der Waals surface area contributed by atoms with Crippen molar-refractivity contribution < 1.29 is 0 Å². The molecule has 56 valence electrons. The molecule has 0 atom stereocenters. The molecule has 0 aliphatic carbocycles. The first-order valence-electron chi connectivity index (χ1n) is 3.04. The topological polar surface area (TPSA) is 36.4 Å². The number of rotatable bonds is 5. The Balaban J connectivity index is 3.77. The minimum Gasteiger partial charge on any atom is -0.348 e. The lowest BCUT2D eigenvalue weighted by Crippen LogP contribution is -2.09. The maximum atomic E-state index is 3.70. The SMILES string of the molecule is C=CN/C(=C\CNC)N=C. The lowest BCUT2D eigenvalue weighted by molar-refractivity contribution is 0.895. The van der Waals surface area contributed by atoms with Crippen molar-refractivity contribution in [3.8, 4) is 0 Å². The first-order chi connectivity index (χ1) is 4.85. The number of nitrogens with one attached hydrogen (secondary N) is 2. The van der Waals surface area contributed by atoms with Crippen LogP contribution in [0.3, 0.4) is 0 Å². The quantitative estimate of drug-likeness (QED) is 0.543. The zero-order chi connectivity index (χ0) is 7.82. The van der Waals surface area contributed by atoms with E-state index < -0.39 is 0 Å². The molecular weight excluding hydrogens is 126 g/mol. The van der Waals surface area contributed by atoms with Crippen LogP contribution in [-0.4, -0.2) is 20.3 Å². The zero-order valence-corrected chi connectivity index (χ0v) is 6.22. The summed E-state index contributed by atoms with van der Waals surface area (Å²) in [6, 6.07) is 0. The van der Waals surface area contributed by atoms with Crippen LogP contribution >= 0.6 is 0 Å². The van der Waals surface area contributed by atoms with Crippen LogP contribution in [0.4, 0.5) is 0 Å². The average Bonchev–Trinajstić information content (AvgIpc) is 1.98. The summed E-state index contributed by atoms with van der Waals surface area (Å²) in [5.41, 5.74) is 0. The number of likely N-dealkylation sites (N-methyl/N-ethyl adjacent to an activating group) is 1. The molecule has 2 N–H and O–H groups in total. The molecule has 0 bridgehead atoms. The van der Waals surface area contributed by atoms with Gasteiger partial charge in [-0.3, -0.25) is 0 Å². The van der Waals surface area contributed by atoms with Crippen molar-refractivity contribution in [3.05, 3.63) is 24.7 Å². The number of aliphatic imine (C=N–C) groups is 1. The molecule has 0 spiro atoms. The van der Waals surface area contributed by atoms with Crippen molar-refractivity contribution >= 4 is 6.72 Å². The van der Waals surface area contributed by atoms with Crippen LogP contribution in [0, 0.1) is 0 Å². The van der Waals surface area contributed by atoms with Crippen LogP contribution in [0.15, 0.2) is 29.7 Å². The van der Waals surface area contributed by atoms with E-state index in [-0.39, 0.29) is 0 Å². The predicted octanol–water partition coefficient (Wildman–Crippen LogP) is 0.481. The van der Waals surface area contributed by atoms with E-state index in [0.717, 1.165) is 12.4 Å². The molecule has 0 fully saturated rings. The van der Waals surface area contributed by atoms with E-state index in [2.05, 4.69) is 28.9 Å². The Labute approximate surface area is 61.5 Å². The molecular formula is C7H13N3. The van der Waals surface area contributed by atoms with Crippen molar-refractivity contribution in [2.24, 2.45) is 4.99 Å². The number of nitrogens with zero attached hydrogens (tertiary/aromatic N) is 1. The third kappa shape index (κ3) is 3.86. The molecule has 0 rings (SSSR count). The summed E-state index contributed by atoms with van der Waals surface area (Å²) in [5, 5.41) is 5.78. The van der Waals surface area contributed by atoms with Gasteiger partial charge in [-0.2, -0.15) is 0 Å². The molecule has 0 aromatic rings. The van der Waals surface area contributed by atoms with E-state index >= 15 is 0 Å². The molecule has 0 aromatic heterocycles. The van der Waals surface area contributed by atoms with E-state index in [1.807, 2.05) is 13.1 Å². The summed E-state index contributed by atoms with van der Waals surface area (Å²) in [7, 11) is 1.87. The highest BCUT2D eigenvalue weighted by Gasteiger charge is 1.83. The van der Waals surface area contributed by atoms with E-state index in [0.29, 0.717) is 0 Å². The van der Waals surface area contributed by atoms with Crippen LogP contribution in [0.25, 0.3) is 0 Å². The molecule has 0 aromatic carbocycles. The highest BCUT2D eigenvalue weighted by molar-refractivity contribution is 5.28. The van der Waals surface area contributed by atoms with Crippen LogP contribution < -0.4 is 10.6 Å². The lowest BCUT2D eigenvalue weighted by Gasteiger charge is -1.98. The fourth-order valence-corrected chi connectivity index (χ4v) is 0.472. The number of hydrogen-bond donors (Lipinski definition) is 2. The monoisotopic (exact) mass is 139 g/mol. The Hall–Kier alpha value is -1.09. The van der Waals surface area contributed by atoms with Crippen molar-refractivity contribution in [3.63, 3.8) is 0 Å². The summed E-state index contributed by atoms with van der Waals surface area (Å²) >= 11 is 0. The van der Waals surface area contributed by atoms with Gasteiger partial charge in [0.1, 0.15) is 5.82 Å². The fraction of sp³-hybridized carbons (Fsp3) is 0.286. The Morgan fingerprint density at radius 1 is 1.70 bits per heavy atom. The minimum absolute atomic E-state index is 0.726. The second kappa shape index (κ2) is 6.04. The third-order valence-electron chi connectivity index (χ3n) is 0.920. The van der Waals surface area contributed by atoms with Crippen LogP contribution in [-0.2, 0) is 0 Å². The molecule has 0 saturated heterocycles. The van der Waals surface area contributed by atoms with Crippen LogP contribution in [0.2, 0.25) is 0 Å². The predicted molar refractivity (Wildman–Crippen MR) is 44.9 cm³/mol. The number of hydrogen-bond acceptors (Lipinski definition) is 3. The maximum Gasteiger partial charge on any atom is 0.126 e. The molecule has 0 radical (unpaired) electrons. The van der Waals surface area contributed by atoms with Gasteiger partial charge in [0.2, 0.25) is 0 Å².